The Labute approximate surface area is 150 Å². The van der Waals surface area contributed by atoms with E-state index in [0.717, 1.165) is 44.8 Å². The molecule has 3 rings (SSSR count). The Hall–Kier alpha value is -1.88. The van der Waals surface area contributed by atoms with Crippen LogP contribution >= 0.6 is 0 Å². The molecular formula is C21H28N2O2. The van der Waals surface area contributed by atoms with E-state index < -0.39 is 0 Å². The molecule has 1 aliphatic heterocycles. The molecule has 1 fully saturated rings. The second-order valence-electron chi connectivity index (χ2n) is 6.53. The highest BCUT2D eigenvalue weighted by molar-refractivity contribution is 5.27. The molecular weight excluding hydrogens is 312 g/mol. The number of nitrogens with zero attached hydrogens (tertiary/aromatic N) is 1. The van der Waals surface area contributed by atoms with Crippen LogP contribution < -0.4 is 10.5 Å². The highest BCUT2D eigenvalue weighted by Crippen LogP contribution is 2.16. The van der Waals surface area contributed by atoms with Crippen LogP contribution in [0.4, 0.5) is 0 Å². The van der Waals surface area contributed by atoms with Crippen LogP contribution in [0.1, 0.15) is 17.5 Å². The summed E-state index contributed by atoms with van der Waals surface area (Å²) in [5.41, 5.74) is 8.25. The van der Waals surface area contributed by atoms with Gasteiger partial charge in [0.25, 0.3) is 0 Å². The molecule has 1 aliphatic rings. The number of morpholine rings is 1. The van der Waals surface area contributed by atoms with Gasteiger partial charge in [-0.1, -0.05) is 42.5 Å². The average Bonchev–Trinajstić information content (AvgIpc) is 2.65. The lowest BCUT2D eigenvalue weighted by molar-refractivity contribution is -0.0335. The summed E-state index contributed by atoms with van der Waals surface area (Å²) in [6.45, 7) is 5.09. The summed E-state index contributed by atoms with van der Waals surface area (Å²) in [4.78, 5) is 2.44. The first kappa shape index (κ1) is 17.9. The predicted octanol–water partition coefficient (Wildman–Crippen LogP) is 2.86. The van der Waals surface area contributed by atoms with Crippen LogP contribution in [-0.4, -0.2) is 43.9 Å². The summed E-state index contributed by atoms with van der Waals surface area (Å²) in [6, 6.07) is 18.9. The van der Waals surface area contributed by atoms with Gasteiger partial charge in [-0.05, 0) is 36.2 Å². The zero-order chi connectivity index (χ0) is 17.3. The zero-order valence-electron chi connectivity index (χ0n) is 14.8. The number of nitrogens with two attached hydrogens (primary N) is 1. The van der Waals surface area contributed by atoms with Crippen LogP contribution in [0.15, 0.2) is 54.6 Å². The van der Waals surface area contributed by atoms with Crippen molar-refractivity contribution in [1.29, 1.82) is 0 Å². The Balaban J connectivity index is 1.44. The lowest BCUT2D eigenvalue weighted by Crippen LogP contribution is -2.42. The first-order chi connectivity index (χ1) is 12.3. The van der Waals surface area contributed by atoms with Gasteiger partial charge in [-0.3, -0.25) is 4.90 Å². The van der Waals surface area contributed by atoms with E-state index in [4.69, 9.17) is 15.2 Å². The van der Waals surface area contributed by atoms with E-state index in [0.29, 0.717) is 13.2 Å². The van der Waals surface area contributed by atoms with Gasteiger partial charge < -0.3 is 15.2 Å². The van der Waals surface area contributed by atoms with Gasteiger partial charge in [-0.15, -0.1) is 0 Å². The Morgan fingerprint density at radius 2 is 1.84 bits per heavy atom. The molecule has 1 heterocycles. The normalized spacial score (nSPS) is 18.2. The lowest BCUT2D eigenvalue weighted by Gasteiger charge is -2.32. The smallest absolute Gasteiger partial charge is 0.119 e. The summed E-state index contributed by atoms with van der Waals surface area (Å²) in [6.07, 6.45) is 2.14. The Kier molecular flexibility index (Phi) is 6.86. The summed E-state index contributed by atoms with van der Waals surface area (Å²) in [5.74, 6) is 0.933. The minimum Gasteiger partial charge on any atom is -0.493 e. The number of hydrogen-bond donors (Lipinski definition) is 1. The van der Waals surface area contributed by atoms with E-state index in [2.05, 4.69) is 53.4 Å². The maximum Gasteiger partial charge on any atom is 0.119 e. The van der Waals surface area contributed by atoms with Gasteiger partial charge >= 0.3 is 0 Å². The van der Waals surface area contributed by atoms with Crippen LogP contribution in [0.2, 0.25) is 0 Å². The Morgan fingerprint density at radius 3 is 2.60 bits per heavy atom. The second-order valence-corrected chi connectivity index (χ2v) is 6.53. The van der Waals surface area contributed by atoms with E-state index in [1.807, 2.05) is 6.07 Å². The van der Waals surface area contributed by atoms with E-state index in [9.17, 15) is 0 Å². The van der Waals surface area contributed by atoms with Crippen molar-refractivity contribution >= 4 is 0 Å². The molecule has 1 saturated heterocycles. The maximum atomic E-state index is 5.86. The summed E-state index contributed by atoms with van der Waals surface area (Å²) < 4.78 is 11.6. The van der Waals surface area contributed by atoms with Gasteiger partial charge in [0.15, 0.2) is 0 Å². The molecule has 4 nitrogen and oxygen atoms in total. The highest BCUT2D eigenvalue weighted by atomic mass is 16.5. The SMILES string of the molecule is NCCC1CN(Cc2ccc(OCCc3ccccc3)cc2)CCO1. The maximum absolute atomic E-state index is 5.86. The third kappa shape index (κ3) is 5.85. The molecule has 0 aliphatic carbocycles. The first-order valence-electron chi connectivity index (χ1n) is 9.13. The predicted molar refractivity (Wildman–Crippen MR) is 101 cm³/mol. The van der Waals surface area contributed by atoms with Gasteiger partial charge in [-0.2, -0.15) is 0 Å². The molecule has 2 aromatic rings. The number of hydrogen-bond acceptors (Lipinski definition) is 4. The van der Waals surface area contributed by atoms with Crippen LogP contribution in [-0.2, 0) is 17.7 Å². The van der Waals surface area contributed by atoms with Crippen molar-refractivity contribution < 1.29 is 9.47 Å². The van der Waals surface area contributed by atoms with Gasteiger partial charge in [0.1, 0.15) is 5.75 Å². The molecule has 0 radical (unpaired) electrons. The van der Waals surface area contributed by atoms with Gasteiger partial charge in [0, 0.05) is 26.1 Å². The lowest BCUT2D eigenvalue weighted by atomic mass is 10.1. The Bertz CT molecular complexity index is 614. The average molecular weight is 340 g/mol. The molecule has 0 saturated carbocycles. The standard InChI is InChI=1S/C21H28N2O2/c22-12-10-21-17-23(13-15-25-21)16-19-6-8-20(9-7-19)24-14-11-18-4-2-1-3-5-18/h1-9,21H,10-17,22H2. The molecule has 2 N–H and O–H groups in total. The fraction of sp³-hybridized carbons (Fsp3) is 0.429. The van der Waals surface area contributed by atoms with Crippen LogP contribution in [0, 0.1) is 0 Å². The minimum absolute atomic E-state index is 0.277. The van der Waals surface area contributed by atoms with Crippen molar-refractivity contribution in [3.8, 4) is 5.75 Å². The second kappa shape index (κ2) is 9.56. The monoisotopic (exact) mass is 340 g/mol. The molecule has 1 atom stereocenters. The number of benzene rings is 2. The third-order valence-corrected chi connectivity index (χ3v) is 4.54. The third-order valence-electron chi connectivity index (χ3n) is 4.54. The van der Waals surface area contributed by atoms with Crippen molar-refractivity contribution in [1.82, 2.24) is 4.90 Å². The molecule has 25 heavy (non-hydrogen) atoms. The van der Waals surface area contributed by atoms with Gasteiger partial charge in [0.05, 0.1) is 19.3 Å². The molecule has 0 bridgehead atoms. The van der Waals surface area contributed by atoms with E-state index >= 15 is 0 Å². The summed E-state index contributed by atoms with van der Waals surface area (Å²) >= 11 is 0. The fourth-order valence-corrected chi connectivity index (χ4v) is 3.17. The molecule has 0 amide bonds. The van der Waals surface area contributed by atoms with Crippen molar-refractivity contribution in [2.75, 3.05) is 32.8 Å². The van der Waals surface area contributed by atoms with Gasteiger partial charge in [0.2, 0.25) is 0 Å². The highest BCUT2D eigenvalue weighted by Gasteiger charge is 2.19. The van der Waals surface area contributed by atoms with Crippen molar-refractivity contribution in [3.05, 3.63) is 65.7 Å². The summed E-state index contributed by atoms with van der Waals surface area (Å²) in [7, 11) is 0. The van der Waals surface area contributed by atoms with Gasteiger partial charge in [-0.25, -0.2) is 0 Å². The van der Waals surface area contributed by atoms with Crippen molar-refractivity contribution in [2.24, 2.45) is 5.73 Å². The van der Waals surface area contributed by atoms with E-state index in [-0.39, 0.29) is 6.10 Å². The number of ether oxygens (including phenoxy) is 2. The molecule has 134 valence electrons. The molecule has 0 aromatic heterocycles. The summed E-state index contributed by atoms with van der Waals surface area (Å²) in [5, 5.41) is 0. The Morgan fingerprint density at radius 1 is 1.04 bits per heavy atom. The minimum atomic E-state index is 0.277. The quantitative estimate of drug-likeness (QED) is 0.803. The number of rotatable bonds is 8. The largest absolute Gasteiger partial charge is 0.493 e. The van der Waals surface area contributed by atoms with Crippen molar-refractivity contribution in [3.63, 3.8) is 0 Å². The van der Waals surface area contributed by atoms with Crippen LogP contribution in [0.3, 0.4) is 0 Å². The van der Waals surface area contributed by atoms with E-state index in [1.165, 1.54) is 11.1 Å². The first-order valence-corrected chi connectivity index (χ1v) is 9.13. The molecule has 2 aromatic carbocycles. The molecule has 1 unspecified atom stereocenters. The fourth-order valence-electron chi connectivity index (χ4n) is 3.17. The van der Waals surface area contributed by atoms with Crippen LogP contribution in [0.5, 0.6) is 5.75 Å². The van der Waals surface area contributed by atoms with Crippen molar-refractivity contribution in [2.45, 2.75) is 25.5 Å². The van der Waals surface area contributed by atoms with Crippen LogP contribution in [0.25, 0.3) is 0 Å². The van der Waals surface area contributed by atoms with E-state index in [1.54, 1.807) is 0 Å². The molecule has 0 spiro atoms. The topological polar surface area (TPSA) is 47.7 Å². The molecule has 4 heteroatoms. The zero-order valence-corrected chi connectivity index (χ0v) is 14.8.